The lowest BCUT2D eigenvalue weighted by atomic mass is 10.1. The summed E-state index contributed by atoms with van der Waals surface area (Å²) >= 11 is 0. The highest BCUT2D eigenvalue weighted by molar-refractivity contribution is 6.03. The molecule has 0 aliphatic carbocycles. The first-order valence-corrected chi connectivity index (χ1v) is 8.62. The molecule has 28 heavy (non-hydrogen) atoms. The van der Waals surface area contributed by atoms with E-state index in [-0.39, 0.29) is 11.7 Å². The minimum atomic E-state index is -2.94. The lowest BCUT2D eigenvalue weighted by molar-refractivity contribution is -0.114. The van der Waals surface area contributed by atoms with E-state index in [0.29, 0.717) is 17.9 Å². The highest BCUT2D eigenvalue weighted by Crippen LogP contribution is 2.22. The van der Waals surface area contributed by atoms with Gasteiger partial charge in [-0.25, -0.2) is 4.98 Å². The van der Waals surface area contributed by atoms with E-state index >= 15 is 0 Å². The Balaban J connectivity index is 1.85. The van der Waals surface area contributed by atoms with Gasteiger partial charge in [0.1, 0.15) is 11.6 Å². The Bertz CT molecular complexity index is 932. The molecule has 0 saturated carbocycles. The van der Waals surface area contributed by atoms with Crippen LogP contribution in [0.2, 0.25) is 0 Å². The Morgan fingerprint density at radius 3 is 2.43 bits per heavy atom. The van der Waals surface area contributed by atoms with Crippen LogP contribution in [0.25, 0.3) is 6.08 Å². The van der Waals surface area contributed by atoms with Crippen molar-refractivity contribution in [3.63, 3.8) is 0 Å². The molecule has 0 spiro atoms. The molecule has 0 atom stereocenters. The number of hydrogen-bond acceptors (Lipinski definition) is 3. The summed E-state index contributed by atoms with van der Waals surface area (Å²) in [7, 11) is 0. The average molecular weight is 380 g/mol. The second-order valence-electron chi connectivity index (χ2n) is 5.85. The van der Waals surface area contributed by atoms with Gasteiger partial charge >= 0.3 is 6.61 Å². The number of amides is 1. The SMILES string of the molecule is O=C(C=Cc1ccccc1OC(F)F)N(Cc1ccccc1)c1ccccn1. The van der Waals surface area contributed by atoms with Gasteiger partial charge in [0.15, 0.2) is 0 Å². The van der Waals surface area contributed by atoms with Crippen molar-refractivity contribution in [2.45, 2.75) is 13.2 Å². The van der Waals surface area contributed by atoms with Crippen molar-refractivity contribution in [3.05, 3.63) is 96.2 Å². The molecule has 0 saturated heterocycles. The van der Waals surface area contributed by atoms with Gasteiger partial charge in [0.25, 0.3) is 5.91 Å². The summed E-state index contributed by atoms with van der Waals surface area (Å²) in [5, 5.41) is 0. The number of halogens is 2. The van der Waals surface area contributed by atoms with E-state index in [9.17, 15) is 13.6 Å². The molecule has 3 aromatic rings. The number of benzene rings is 2. The molecule has 0 bridgehead atoms. The van der Waals surface area contributed by atoms with Gasteiger partial charge in [0, 0.05) is 17.8 Å². The maximum atomic E-state index is 12.9. The predicted molar refractivity (Wildman–Crippen MR) is 104 cm³/mol. The third-order valence-electron chi connectivity index (χ3n) is 3.92. The number of ether oxygens (including phenoxy) is 1. The standard InChI is InChI=1S/C22H18F2N2O2/c23-22(24)28-19-11-5-4-10-18(19)13-14-21(27)26(20-12-6-7-15-25-20)16-17-8-2-1-3-9-17/h1-15,22H,16H2. The molecule has 6 heteroatoms. The van der Waals surface area contributed by atoms with Gasteiger partial charge in [-0.3, -0.25) is 9.69 Å². The molecule has 0 aliphatic rings. The monoisotopic (exact) mass is 380 g/mol. The zero-order valence-electron chi connectivity index (χ0n) is 14.9. The highest BCUT2D eigenvalue weighted by atomic mass is 19.3. The van der Waals surface area contributed by atoms with Crippen LogP contribution < -0.4 is 9.64 Å². The number of hydrogen-bond donors (Lipinski definition) is 0. The van der Waals surface area contributed by atoms with Gasteiger partial charge in [0.2, 0.25) is 0 Å². The molecule has 2 aromatic carbocycles. The van der Waals surface area contributed by atoms with Crippen LogP contribution in [-0.2, 0) is 11.3 Å². The van der Waals surface area contributed by atoms with Crippen molar-refractivity contribution >= 4 is 17.8 Å². The molecule has 3 rings (SSSR count). The molecule has 1 aromatic heterocycles. The second kappa shape index (κ2) is 9.41. The third kappa shape index (κ3) is 5.23. The van der Waals surface area contributed by atoms with Crippen LogP contribution in [0.1, 0.15) is 11.1 Å². The fraction of sp³-hybridized carbons (Fsp3) is 0.0909. The van der Waals surface area contributed by atoms with E-state index in [0.717, 1.165) is 5.56 Å². The highest BCUT2D eigenvalue weighted by Gasteiger charge is 2.15. The summed E-state index contributed by atoms with van der Waals surface area (Å²) in [5.74, 6) is 0.182. The molecule has 142 valence electrons. The number of nitrogens with zero attached hydrogens (tertiary/aromatic N) is 2. The summed E-state index contributed by atoms with van der Waals surface area (Å²) < 4.78 is 29.6. The predicted octanol–water partition coefficient (Wildman–Crippen LogP) is 4.93. The van der Waals surface area contributed by atoms with Crippen LogP contribution in [-0.4, -0.2) is 17.5 Å². The second-order valence-corrected chi connectivity index (χ2v) is 5.85. The number of alkyl halides is 2. The molecule has 0 aliphatic heterocycles. The molecule has 0 N–H and O–H groups in total. The van der Waals surface area contributed by atoms with Gasteiger partial charge in [0.05, 0.1) is 6.54 Å². The Kier molecular flexibility index (Phi) is 6.46. The maximum absolute atomic E-state index is 12.9. The average Bonchev–Trinajstić information content (AvgIpc) is 2.72. The largest absolute Gasteiger partial charge is 0.434 e. The summed E-state index contributed by atoms with van der Waals surface area (Å²) in [4.78, 5) is 18.6. The van der Waals surface area contributed by atoms with Gasteiger partial charge in [-0.1, -0.05) is 54.6 Å². The number of anilines is 1. The van der Waals surface area contributed by atoms with Crippen molar-refractivity contribution in [2.24, 2.45) is 0 Å². The van der Waals surface area contributed by atoms with Crippen molar-refractivity contribution in [1.82, 2.24) is 4.98 Å². The van der Waals surface area contributed by atoms with E-state index < -0.39 is 6.61 Å². The molecule has 1 amide bonds. The zero-order valence-corrected chi connectivity index (χ0v) is 14.9. The van der Waals surface area contributed by atoms with Crippen molar-refractivity contribution in [3.8, 4) is 5.75 Å². The van der Waals surface area contributed by atoms with Gasteiger partial charge in [-0.15, -0.1) is 0 Å². The first-order valence-electron chi connectivity index (χ1n) is 8.62. The van der Waals surface area contributed by atoms with Crippen LogP contribution in [0, 0.1) is 0 Å². The van der Waals surface area contributed by atoms with Gasteiger partial charge < -0.3 is 4.74 Å². The smallest absolute Gasteiger partial charge is 0.387 e. The zero-order chi connectivity index (χ0) is 19.8. The van der Waals surface area contributed by atoms with E-state index in [1.807, 2.05) is 30.3 Å². The van der Waals surface area contributed by atoms with Crippen LogP contribution in [0.5, 0.6) is 5.75 Å². The molecular weight excluding hydrogens is 362 g/mol. The molecular formula is C22H18F2N2O2. The molecule has 4 nitrogen and oxygen atoms in total. The van der Waals surface area contributed by atoms with Gasteiger partial charge in [-0.2, -0.15) is 8.78 Å². The number of rotatable bonds is 7. The number of pyridine rings is 1. The van der Waals surface area contributed by atoms with Crippen molar-refractivity contribution in [2.75, 3.05) is 4.90 Å². The fourth-order valence-corrected chi connectivity index (χ4v) is 2.62. The van der Waals surface area contributed by atoms with Gasteiger partial charge in [-0.05, 0) is 29.8 Å². The normalized spacial score (nSPS) is 11.0. The van der Waals surface area contributed by atoms with Crippen LogP contribution in [0.3, 0.4) is 0 Å². The minimum absolute atomic E-state index is 0.00833. The Hall–Kier alpha value is -3.54. The molecule has 0 unspecified atom stereocenters. The van der Waals surface area contributed by atoms with E-state index in [4.69, 9.17) is 0 Å². The van der Waals surface area contributed by atoms with E-state index in [1.54, 1.807) is 42.6 Å². The number of para-hydroxylation sites is 1. The van der Waals surface area contributed by atoms with E-state index in [1.165, 1.54) is 23.1 Å². The number of carbonyl (C=O) groups excluding carboxylic acids is 1. The summed E-state index contributed by atoms with van der Waals surface area (Å²) in [6, 6.07) is 21.1. The molecule has 0 radical (unpaired) electrons. The maximum Gasteiger partial charge on any atom is 0.387 e. The van der Waals surface area contributed by atoms with Crippen molar-refractivity contribution < 1.29 is 18.3 Å². The summed E-state index contributed by atoms with van der Waals surface area (Å²) in [6.07, 6.45) is 4.39. The quantitative estimate of drug-likeness (QED) is 0.546. The topological polar surface area (TPSA) is 42.4 Å². The molecule has 0 fully saturated rings. The number of aromatic nitrogens is 1. The number of carbonyl (C=O) groups is 1. The van der Waals surface area contributed by atoms with Crippen LogP contribution in [0.4, 0.5) is 14.6 Å². The Morgan fingerprint density at radius 2 is 1.71 bits per heavy atom. The van der Waals surface area contributed by atoms with Crippen molar-refractivity contribution in [1.29, 1.82) is 0 Å². The van der Waals surface area contributed by atoms with Crippen LogP contribution in [0.15, 0.2) is 85.1 Å². The fourth-order valence-electron chi connectivity index (χ4n) is 2.62. The van der Waals surface area contributed by atoms with E-state index in [2.05, 4.69) is 9.72 Å². The summed E-state index contributed by atoms with van der Waals surface area (Å²) in [6.45, 7) is -2.61. The Labute approximate surface area is 161 Å². The summed E-state index contributed by atoms with van der Waals surface area (Å²) in [5.41, 5.74) is 1.33. The first-order chi connectivity index (χ1) is 13.6. The lowest BCUT2D eigenvalue weighted by Crippen LogP contribution is -2.29. The Morgan fingerprint density at radius 1 is 1.00 bits per heavy atom. The lowest BCUT2D eigenvalue weighted by Gasteiger charge is -2.20. The third-order valence-corrected chi connectivity index (χ3v) is 3.92. The molecule has 1 heterocycles. The van der Waals surface area contributed by atoms with Crippen LogP contribution >= 0.6 is 0 Å². The minimum Gasteiger partial charge on any atom is -0.434 e. The first kappa shape index (κ1) is 19.2.